The average molecular weight is 795 g/mol. The number of hydrogen-bond acceptors (Lipinski definition) is 1. The molecule has 2 nitrogen and oxygen atoms in total. The lowest BCUT2D eigenvalue weighted by atomic mass is 9.73. The molecule has 1 aromatic heterocycles. The molecule has 0 fully saturated rings. The van der Waals surface area contributed by atoms with Crippen molar-refractivity contribution in [3.8, 4) is 27.9 Å². The Labute approximate surface area is 363 Å². The van der Waals surface area contributed by atoms with Crippen molar-refractivity contribution in [1.82, 2.24) is 4.57 Å². The Hall–Kier alpha value is -7.42. The molecular formula is C60H46N2. The second-order valence-corrected chi connectivity index (χ2v) is 17.6. The predicted molar refractivity (Wildman–Crippen MR) is 263 cm³/mol. The third-order valence-corrected chi connectivity index (χ3v) is 13.9. The smallest absolute Gasteiger partial charge is 0.0541 e. The van der Waals surface area contributed by atoms with Gasteiger partial charge in [-0.3, -0.25) is 0 Å². The predicted octanol–water partition coefficient (Wildman–Crippen LogP) is 16.0. The Morgan fingerprint density at radius 2 is 1.13 bits per heavy atom. The molecule has 0 N–H and O–H groups in total. The van der Waals surface area contributed by atoms with E-state index < -0.39 is 0 Å². The number of para-hydroxylation sites is 4. The van der Waals surface area contributed by atoms with Crippen molar-refractivity contribution in [1.29, 1.82) is 0 Å². The van der Waals surface area contributed by atoms with Gasteiger partial charge in [-0.2, -0.15) is 0 Å². The molecule has 9 aromatic rings. The topological polar surface area (TPSA) is 8.17 Å². The van der Waals surface area contributed by atoms with Gasteiger partial charge in [-0.15, -0.1) is 0 Å². The summed E-state index contributed by atoms with van der Waals surface area (Å²) in [5, 5.41) is 5.00. The van der Waals surface area contributed by atoms with Gasteiger partial charge in [0.15, 0.2) is 0 Å². The Morgan fingerprint density at radius 3 is 1.90 bits per heavy atom. The molecule has 0 saturated carbocycles. The molecule has 8 aromatic carbocycles. The van der Waals surface area contributed by atoms with Crippen molar-refractivity contribution in [2.75, 3.05) is 4.90 Å². The van der Waals surface area contributed by atoms with Gasteiger partial charge < -0.3 is 9.47 Å². The Morgan fingerprint density at radius 1 is 0.532 bits per heavy atom. The van der Waals surface area contributed by atoms with Gasteiger partial charge >= 0.3 is 0 Å². The molecular weight excluding hydrogens is 749 g/mol. The second kappa shape index (κ2) is 14.1. The first-order valence-electron chi connectivity index (χ1n) is 22.0. The van der Waals surface area contributed by atoms with Crippen LogP contribution in [0.4, 0.5) is 11.4 Å². The van der Waals surface area contributed by atoms with Crippen LogP contribution in [-0.4, -0.2) is 4.57 Å². The SMILES string of the molecule is C/C=C\C=C1\c2ccccc2N(c2ccc(-c3ccccc3-n3c4ccccc4c4ccccc43)cc2-c2ccc3ccccc3c2)C2=CC3=C(CC21)c1ccccc1C3(C)C. The summed E-state index contributed by atoms with van der Waals surface area (Å²) in [5.74, 6) is 0.168. The number of fused-ring (bicyclic) bond motifs is 8. The van der Waals surface area contributed by atoms with Crippen molar-refractivity contribution in [3.63, 3.8) is 0 Å². The molecule has 12 rings (SSSR count). The summed E-state index contributed by atoms with van der Waals surface area (Å²) in [6.45, 7) is 6.93. The van der Waals surface area contributed by atoms with Crippen LogP contribution >= 0.6 is 0 Å². The minimum Gasteiger partial charge on any atom is -0.312 e. The quantitative estimate of drug-likeness (QED) is 0.168. The molecule has 2 aliphatic carbocycles. The molecule has 1 aliphatic heterocycles. The third-order valence-electron chi connectivity index (χ3n) is 13.9. The molecule has 296 valence electrons. The fraction of sp³-hybridized carbons (Fsp3) is 0.100. The molecule has 0 radical (unpaired) electrons. The van der Waals surface area contributed by atoms with Gasteiger partial charge in [0.2, 0.25) is 0 Å². The third kappa shape index (κ3) is 5.43. The van der Waals surface area contributed by atoms with Gasteiger partial charge in [0.05, 0.1) is 28.1 Å². The molecule has 1 atom stereocenters. The van der Waals surface area contributed by atoms with E-state index in [-0.39, 0.29) is 11.3 Å². The van der Waals surface area contributed by atoms with Gasteiger partial charge in [-0.25, -0.2) is 0 Å². The summed E-state index contributed by atoms with van der Waals surface area (Å²) in [6.07, 6.45) is 10.3. The molecule has 0 saturated heterocycles. The Kier molecular flexibility index (Phi) is 8.27. The Balaban J connectivity index is 1.12. The molecule has 0 amide bonds. The monoisotopic (exact) mass is 794 g/mol. The van der Waals surface area contributed by atoms with Crippen LogP contribution in [0.5, 0.6) is 0 Å². The normalized spacial score (nSPS) is 17.1. The molecule has 0 bridgehead atoms. The van der Waals surface area contributed by atoms with Crippen molar-refractivity contribution in [3.05, 3.63) is 234 Å². The van der Waals surface area contributed by atoms with E-state index >= 15 is 0 Å². The van der Waals surface area contributed by atoms with E-state index in [1.54, 1.807) is 0 Å². The van der Waals surface area contributed by atoms with Crippen LogP contribution in [0.2, 0.25) is 0 Å². The first-order chi connectivity index (χ1) is 30.5. The van der Waals surface area contributed by atoms with Crippen molar-refractivity contribution >= 4 is 55.1 Å². The van der Waals surface area contributed by atoms with Crippen LogP contribution in [-0.2, 0) is 5.41 Å². The molecule has 62 heavy (non-hydrogen) atoms. The van der Waals surface area contributed by atoms with Crippen LogP contribution in [0.1, 0.15) is 43.9 Å². The summed E-state index contributed by atoms with van der Waals surface area (Å²) in [5.41, 5.74) is 20.4. The highest BCUT2D eigenvalue weighted by Crippen LogP contribution is 2.59. The van der Waals surface area contributed by atoms with Crippen LogP contribution < -0.4 is 4.90 Å². The van der Waals surface area contributed by atoms with E-state index in [1.807, 2.05) is 0 Å². The minimum atomic E-state index is -0.110. The highest BCUT2D eigenvalue weighted by molar-refractivity contribution is 6.10. The first kappa shape index (κ1) is 36.4. The van der Waals surface area contributed by atoms with E-state index in [9.17, 15) is 0 Å². The molecule has 3 aliphatic rings. The zero-order valence-electron chi connectivity index (χ0n) is 35.3. The van der Waals surface area contributed by atoms with E-state index in [2.05, 4.69) is 237 Å². The second-order valence-electron chi connectivity index (χ2n) is 17.6. The highest BCUT2D eigenvalue weighted by Gasteiger charge is 2.44. The van der Waals surface area contributed by atoms with Crippen molar-refractivity contribution in [2.45, 2.75) is 32.6 Å². The highest BCUT2D eigenvalue weighted by atomic mass is 15.2. The molecule has 1 unspecified atom stereocenters. The lowest BCUT2D eigenvalue weighted by molar-refractivity contribution is 0.641. The van der Waals surface area contributed by atoms with Crippen LogP contribution in [0, 0.1) is 5.92 Å². The number of nitrogens with zero attached hydrogens (tertiary/aromatic N) is 2. The van der Waals surface area contributed by atoms with Gasteiger partial charge in [0.1, 0.15) is 0 Å². The average Bonchev–Trinajstić information content (AvgIpc) is 3.77. The molecule has 2 heteroatoms. The van der Waals surface area contributed by atoms with Gasteiger partial charge in [-0.05, 0) is 112 Å². The van der Waals surface area contributed by atoms with E-state index in [4.69, 9.17) is 0 Å². The van der Waals surface area contributed by atoms with Crippen molar-refractivity contribution in [2.24, 2.45) is 5.92 Å². The zero-order valence-corrected chi connectivity index (χ0v) is 35.3. The summed E-state index contributed by atoms with van der Waals surface area (Å²) in [6, 6.07) is 67.6. The number of anilines is 2. The van der Waals surface area contributed by atoms with Crippen molar-refractivity contribution < 1.29 is 0 Å². The summed E-state index contributed by atoms with van der Waals surface area (Å²) >= 11 is 0. The Bertz CT molecular complexity index is 3380. The lowest BCUT2D eigenvalue weighted by Crippen LogP contribution is -2.32. The number of benzene rings is 8. The van der Waals surface area contributed by atoms with E-state index in [0.717, 1.165) is 6.42 Å². The molecule has 0 spiro atoms. The fourth-order valence-electron chi connectivity index (χ4n) is 11.0. The summed E-state index contributed by atoms with van der Waals surface area (Å²) < 4.78 is 2.45. The van der Waals surface area contributed by atoms with E-state index in [0.29, 0.717) is 0 Å². The largest absolute Gasteiger partial charge is 0.312 e. The summed E-state index contributed by atoms with van der Waals surface area (Å²) in [7, 11) is 0. The van der Waals surface area contributed by atoms with E-state index in [1.165, 1.54) is 111 Å². The van der Waals surface area contributed by atoms with Crippen LogP contribution in [0.25, 0.3) is 71.7 Å². The first-order valence-corrected chi connectivity index (χ1v) is 22.0. The minimum absolute atomic E-state index is 0.110. The standard InChI is InChI=1S/C60H46N2/c1-4-5-20-44-46-23-10-15-28-55(46)62(59-38-53-50(37-51(44)59)45-22-8-13-26-52(45)60(53,2)3)58-34-33-42(36-49(58)41-32-31-39-18-6-7-19-40(39)35-41)43-21-9-14-27-54(43)61-56-29-16-11-24-47(56)48-25-12-17-30-57(48)61/h4-36,38,51H,37H2,1-3H3/b5-4-,44-20-. The molecule has 2 heterocycles. The maximum atomic E-state index is 2.61. The van der Waals surface area contributed by atoms with Gasteiger partial charge in [0.25, 0.3) is 0 Å². The van der Waals surface area contributed by atoms with Crippen LogP contribution in [0.15, 0.2) is 218 Å². The number of aromatic nitrogens is 1. The van der Waals surface area contributed by atoms with Crippen LogP contribution in [0.3, 0.4) is 0 Å². The summed E-state index contributed by atoms with van der Waals surface area (Å²) in [4.78, 5) is 2.61. The number of rotatable bonds is 5. The maximum absolute atomic E-state index is 2.61. The number of allylic oxidation sites excluding steroid dienone is 7. The van der Waals surface area contributed by atoms with Gasteiger partial charge in [0, 0.05) is 44.5 Å². The number of hydrogen-bond donors (Lipinski definition) is 0. The maximum Gasteiger partial charge on any atom is 0.0541 e. The van der Waals surface area contributed by atoms with Gasteiger partial charge in [-0.1, -0.05) is 172 Å². The zero-order chi connectivity index (χ0) is 41.5. The fourth-order valence-corrected chi connectivity index (χ4v) is 11.0. The lowest BCUT2D eigenvalue weighted by Gasteiger charge is -2.44.